The first kappa shape index (κ1) is 10.1. The summed E-state index contributed by atoms with van der Waals surface area (Å²) in [5, 5.41) is 0.600. The van der Waals surface area contributed by atoms with Crippen molar-refractivity contribution in [1.82, 2.24) is 4.90 Å². The molecule has 1 amide bonds. The van der Waals surface area contributed by atoms with Crippen LogP contribution in [0.5, 0.6) is 0 Å². The van der Waals surface area contributed by atoms with E-state index in [2.05, 4.69) is 0 Å². The molecule has 0 aromatic heterocycles. The van der Waals surface area contributed by atoms with Gasteiger partial charge in [0.15, 0.2) is 0 Å². The van der Waals surface area contributed by atoms with Crippen LogP contribution >= 0.6 is 11.8 Å². The van der Waals surface area contributed by atoms with E-state index in [9.17, 15) is 9.18 Å². The van der Waals surface area contributed by atoms with Crippen molar-refractivity contribution >= 4 is 17.7 Å². The summed E-state index contributed by atoms with van der Waals surface area (Å²) in [7, 11) is 0. The van der Waals surface area contributed by atoms with Crippen molar-refractivity contribution < 1.29 is 9.18 Å². The van der Waals surface area contributed by atoms with E-state index in [0.29, 0.717) is 16.9 Å². The first-order valence-electron chi connectivity index (χ1n) is 5.42. The number of hydrogen-bond donors (Lipinski definition) is 0. The van der Waals surface area contributed by atoms with Crippen molar-refractivity contribution in [2.45, 2.75) is 17.7 Å². The molecule has 3 rings (SSSR count). The summed E-state index contributed by atoms with van der Waals surface area (Å²) in [6.45, 7) is 0.824. The van der Waals surface area contributed by atoms with Gasteiger partial charge in [0.1, 0.15) is 5.82 Å². The van der Waals surface area contributed by atoms with Crippen LogP contribution in [0, 0.1) is 5.82 Å². The van der Waals surface area contributed by atoms with E-state index in [0.717, 1.165) is 18.7 Å². The Bertz CT molecular complexity index is 437. The van der Waals surface area contributed by atoms with Crippen LogP contribution in [0.15, 0.2) is 24.3 Å². The minimum atomic E-state index is -0.343. The van der Waals surface area contributed by atoms with Crippen LogP contribution in [0.2, 0.25) is 0 Å². The molecule has 1 aromatic rings. The zero-order valence-corrected chi connectivity index (χ0v) is 9.54. The summed E-state index contributed by atoms with van der Waals surface area (Å²) < 4.78 is 13.0. The average Bonchev–Trinajstić information content (AvgIpc) is 2.89. The topological polar surface area (TPSA) is 20.3 Å². The van der Waals surface area contributed by atoms with Gasteiger partial charge in [-0.1, -0.05) is 6.07 Å². The fraction of sp³-hybridized carbons (Fsp3) is 0.417. The molecule has 0 spiro atoms. The Balaban J connectivity index is 1.83. The van der Waals surface area contributed by atoms with Crippen LogP contribution in [0.25, 0.3) is 0 Å². The Kier molecular flexibility index (Phi) is 2.39. The van der Waals surface area contributed by atoms with E-state index in [4.69, 9.17) is 0 Å². The third-order valence-electron chi connectivity index (χ3n) is 3.23. The number of rotatable bonds is 1. The SMILES string of the molecule is O=C(c1cccc(F)c1)N1CC2CC1CS2. The number of hydrogen-bond acceptors (Lipinski definition) is 2. The first-order chi connectivity index (χ1) is 7.74. The first-order valence-corrected chi connectivity index (χ1v) is 6.47. The molecule has 0 aliphatic carbocycles. The number of likely N-dealkylation sites (tertiary alicyclic amines) is 1. The number of halogens is 1. The third-order valence-corrected chi connectivity index (χ3v) is 4.62. The maximum absolute atomic E-state index is 13.0. The third kappa shape index (κ3) is 1.61. The molecule has 1 aromatic carbocycles. The van der Waals surface area contributed by atoms with Gasteiger partial charge in [-0.15, -0.1) is 0 Å². The monoisotopic (exact) mass is 237 g/mol. The van der Waals surface area contributed by atoms with Gasteiger partial charge in [-0.3, -0.25) is 4.79 Å². The standard InChI is InChI=1S/C12H12FNOS/c13-9-3-1-2-8(4-9)12(15)14-6-11-5-10(14)7-16-11/h1-4,10-11H,5-7H2. The second kappa shape index (κ2) is 3.77. The van der Waals surface area contributed by atoms with E-state index >= 15 is 0 Å². The quantitative estimate of drug-likeness (QED) is 0.746. The molecule has 2 heterocycles. The molecule has 2 bridgehead atoms. The highest BCUT2D eigenvalue weighted by Gasteiger charge is 2.41. The van der Waals surface area contributed by atoms with E-state index in [1.165, 1.54) is 12.1 Å². The van der Waals surface area contributed by atoms with E-state index in [-0.39, 0.29) is 11.7 Å². The predicted molar refractivity (Wildman–Crippen MR) is 62.1 cm³/mol. The molecule has 4 heteroatoms. The number of fused-ring (bicyclic) bond motifs is 2. The minimum Gasteiger partial charge on any atom is -0.334 e. The zero-order valence-electron chi connectivity index (χ0n) is 8.73. The lowest BCUT2D eigenvalue weighted by Gasteiger charge is -2.26. The highest BCUT2D eigenvalue weighted by molar-refractivity contribution is 8.00. The van der Waals surface area contributed by atoms with Gasteiger partial charge in [-0.2, -0.15) is 11.8 Å². The highest BCUT2D eigenvalue weighted by atomic mass is 32.2. The van der Waals surface area contributed by atoms with Crippen molar-refractivity contribution in [3.8, 4) is 0 Å². The van der Waals surface area contributed by atoms with Crippen molar-refractivity contribution in [2.24, 2.45) is 0 Å². The fourth-order valence-corrected chi connectivity index (χ4v) is 3.87. The van der Waals surface area contributed by atoms with E-state index < -0.39 is 0 Å². The maximum atomic E-state index is 13.0. The lowest BCUT2D eigenvalue weighted by molar-refractivity contribution is 0.0747. The van der Waals surface area contributed by atoms with E-state index in [1.54, 1.807) is 12.1 Å². The molecule has 16 heavy (non-hydrogen) atoms. The number of carbonyl (C=O) groups excluding carboxylic acids is 1. The summed E-state index contributed by atoms with van der Waals surface area (Å²) in [4.78, 5) is 14.0. The van der Waals surface area contributed by atoms with Crippen LogP contribution in [0.4, 0.5) is 4.39 Å². The van der Waals surface area contributed by atoms with Crippen molar-refractivity contribution in [3.63, 3.8) is 0 Å². The van der Waals surface area contributed by atoms with Crippen LogP contribution < -0.4 is 0 Å². The number of thioether (sulfide) groups is 1. The lowest BCUT2D eigenvalue weighted by Crippen LogP contribution is -2.39. The van der Waals surface area contributed by atoms with Gasteiger partial charge in [0.25, 0.3) is 5.91 Å². The second-order valence-electron chi connectivity index (χ2n) is 4.31. The number of amides is 1. The van der Waals surface area contributed by atoms with Gasteiger partial charge in [-0.05, 0) is 24.6 Å². The smallest absolute Gasteiger partial charge is 0.254 e. The molecule has 2 unspecified atom stereocenters. The van der Waals surface area contributed by atoms with Crippen LogP contribution in [-0.2, 0) is 0 Å². The second-order valence-corrected chi connectivity index (χ2v) is 5.65. The van der Waals surface area contributed by atoms with Gasteiger partial charge < -0.3 is 4.90 Å². The summed E-state index contributed by atoms with van der Waals surface area (Å²) in [6, 6.07) is 6.33. The van der Waals surface area contributed by atoms with Crippen molar-refractivity contribution in [3.05, 3.63) is 35.6 Å². The molecule has 2 saturated heterocycles. The van der Waals surface area contributed by atoms with Gasteiger partial charge in [-0.25, -0.2) is 4.39 Å². The maximum Gasteiger partial charge on any atom is 0.254 e. The summed E-state index contributed by atoms with van der Waals surface area (Å²) in [6.07, 6.45) is 1.10. The summed E-state index contributed by atoms with van der Waals surface area (Å²) in [5.41, 5.74) is 0.470. The van der Waals surface area contributed by atoms with Gasteiger partial charge in [0.2, 0.25) is 0 Å². The zero-order chi connectivity index (χ0) is 11.1. The Morgan fingerprint density at radius 2 is 2.38 bits per heavy atom. The fourth-order valence-electron chi connectivity index (χ4n) is 2.44. The van der Waals surface area contributed by atoms with Crippen LogP contribution in [-0.4, -0.2) is 34.4 Å². The predicted octanol–water partition coefficient (Wildman–Crippen LogP) is 2.16. The van der Waals surface area contributed by atoms with Crippen molar-refractivity contribution in [1.29, 1.82) is 0 Å². The van der Waals surface area contributed by atoms with Crippen LogP contribution in [0.1, 0.15) is 16.8 Å². The Hall–Kier alpha value is -1.03. The minimum absolute atomic E-state index is 0.0210. The molecular weight excluding hydrogens is 225 g/mol. The molecule has 0 radical (unpaired) electrons. The molecule has 0 N–H and O–H groups in total. The normalized spacial score (nSPS) is 27.4. The molecule has 84 valence electrons. The highest BCUT2D eigenvalue weighted by Crippen LogP contribution is 2.38. The van der Waals surface area contributed by atoms with Gasteiger partial charge in [0.05, 0.1) is 0 Å². The molecule has 2 aliphatic rings. The Labute approximate surface area is 97.8 Å². The summed E-state index contributed by atoms with van der Waals surface area (Å²) in [5.74, 6) is 0.669. The van der Waals surface area contributed by atoms with Gasteiger partial charge >= 0.3 is 0 Å². The largest absolute Gasteiger partial charge is 0.334 e. The van der Waals surface area contributed by atoms with Gasteiger partial charge in [0, 0.05) is 29.2 Å². The average molecular weight is 237 g/mol. The molecule has 2 fully saturated rings. The Morgan fingerprint density at radius 1 is 1.50 bits per heavy atom. The van der Waals surface area contributed by atoms with Crippen LogP contribution in [0.3, 0.4) is 0 Å². The molecule has 0 saturated carbocycles. The lowest BCUT2D eigenvalue weighted by atomic mass is 10.2. The Morgan fingerprint density at radius 3 is 3.00 bits per heavy atom. The van der Waals surface area contributed by atoms with E-state index in [1.807, 2.05) is 16.7 Å². The molecule has 2 aliphatic heterocycles. The molecule has 2 atom stereocenters. The summed E-state index contributed by atoms with van der Waals surface area (Å²) >= 11 is 1.94. The van der Waals surface area contributed by atoms with Crippen molar-refractivity contribution in [2.75, 3.05) is 12.3 Å². The number of nitrogens with zero attached hydrogens (tertiary/aromatic N) is 1. The molecular formula is C12H12FNOS. The number of carbonyl (C=O) groups is 1. The number of benzene rings is 1. The molecule has 2 nitrogen and oxygen atoms in total.